The molecule has 0 saturated heterocycles. The van der Waals surface area contributed by atoms with E-state index >= 15 is 0 Å². The first-order chi connectivity index (χ1) is 8.93. The molecule has 1 heterocycles. The highest BCUT2D eigenvalue weighted by Crippen LogP contribution is 2.42. The minimum atomic E-state index is 0.858. The molecule has 95 valence electrons. The Bertz CT molecular complexity index is 423. The molecule has 0 N–H and O–H groups in total. The zero-order valence-electron chi connectivity index (χ0n) is 11.1. The lowest BCUT2D eigenvalue weighted by atomic mass is 9.95. The normalized spacial score (nSPS) is 23.0. The molecule has 18 heavy (non-hydrogen) atoms. The topological polar surface area (TPSA) is 0 Å². The highest BCUT2D eigenvalue weighted by Gasteiger charge is 2.21. The third-order valence-electron chi connectivity index (χ3n) is 4.26. The summed E-state index contributed by atoms with van der Waals surface area (Å²) in [6.07, 6.45) is 14.0. The molecular weight excluding hydrogens is 235 g/mol. The van der Waals surface area contributed by atoms with E-state index in [9.17, 15) is 0 Å². The predicted molar refractivity (Wildman–Crippen MR) is 81.4 cm³/mol. The molecule has 1 aromatic carbocycles. The number of hydrogen-bond acceptors (Lipinski definition) is 0. The first-order valence-electron chi connectivity index (χ1n) is 7.46. The summed E-state index contributed by atoms with van der Waals surface area (Å²) in [6, 6.07) is 8.89. The third-order valence-corrected chi connectivity index (χ3v) is 5.66. The Hall–Kier alpha value is -0.610. The van der Waals surface area contributed by atoms with E-state index in [-0.39, 0.29) is 0 Å². The van der Waals surface area contributed by atoms with Crippen molar-refractivity contribution >= 4 is 20.0 Å². The smallest absolute Gasteiger partial charge is 0.00768 e. The maximum Gasteiger partial charge on any atom is -0.00768 e. The summed E-state index contributed by atoms with van der Waals surface area (Å²) in [7, 11) is 1.49. The fourth-order valence-electron chi connectivity index (χ4n) is 3.18. The monoisotopic (exact) mass is 257 g/mol. The predicted octanol–water partition coefficient (Wildman–Crippen LogP) is 5.36. The zero-order chi connectivity index (χ0) is 12.2. The quantitative estimate of drug-likeness (QED) is 0.594. The van der Waals surface area contributed by atoms with Crippen LogP contribution in [0.15, 0.2) is 29.6 Å². The van der Waals surface area contributed by atoms with Gasteiger partial charge in [-0.3, -0.25) is 0 Å². The van der Waals surface area contributed by atoms with E-state index in [1.807, 2.05) is 0 Å². The van der Waals surface area contributed by atoms with Gasteiger partial charge in [0.15, 0.2) is 0 Å². The second-order valence-corrected chi connectivity index (χ2v) is 6.86. The van der Waals surface area contributed by atoms with Crippen molar-refractivity contribution in [3.63, 3.8) is 0 Å². The summed E-state index contributed by atoms with van der Waals surface area (Å²) in [5, 5.41) is 3.21. The van der Waals surface area contributed by atoms with Crippen molar-refractivity contribution < 1.29 is 0 Å². The molecule has 1 aliphatic heterocycles. The number of allylic oxidation sites excluding steroid dienone is 1. The lowest BCUT2D eigenvalue weighted by molar-refractivity contribution is 0.506. The van der Waals surface area contributed by atoms with Gasteiger partial charge in [0.1, 0.15) is 0 Å². The van der Waals surface area contributed by atoms with Crippen LogP contribution in [-0.2, 0) is 0 Å². The van der Waals surface area contributed by atoms with E-state index in [1.165, 1.54) is 70.8 Å². The van der Waals surface area contributed by atoms with Crippen molar-refractivity contribution in [1.29, 1.82) is 0 Å². The van der Waals surface area contributed by atoms with Crippen LogP contribution in [0.3, 0.4) is 0 Å². The summed E-state index contributed by atoms with van der Waals surface area (Å²) in [6.45, 7) is 0. The number of hydrogen-bond donors (Lipinski definition) is 0. The van der Waals surface area contributed by atoms with Gasteiger partial charge >= 0.3 is 0 Å². The minimum Gasteiger partial charge on any atom is -0.0616 e. The van der Waals surface area contributed by atoms with Crippen molar-refractivity contribution in [2.45, 2.75) is 51.4 Å². The van der Waals surface area contributed by atoms with E-state index in [4.69, 9.17) is 0 Å². The molecule has 0 unspecified atom stereocenters. The molecule has 0 nitrogen and oxygen atoms in total. The molecule has 1 radical (unpaired) electrons. The van der Waals surface area contributed by atoms with Crippen molar-refractivity contribution in [2.24, 2.45) is 5.92 Å². The lowest BCUT2D eigenvalue weighted by Crippen LogP contribution is -2.01. The number of fused-ring (bicyclic) bond motifs is 1. The van der Waals surface area contributed by atoms with Crippen LogP contribution in [-0.4, -0.2) is 0 Å². The first kappa shape index (κ1) is 12.4. The molecule has 1 heteroatoms. The largest absolute Gasteiger partial charge is 0.0616 e. The zero-order valence-corrected chi connectivity index (χ0v) is 12.0. The molecule has 1 fully saturated rings. The van der Waals surface area contributed by atoms with Crippen LogP contribution in [0.1, 0.15) is 56.9 Å². The van der Waals surface area contributed by atoms with Gasteiger partial charge in [0.25, 0.3) is 0 Å². The van der Waals surface area contributed by atoms with Gasteiger partial charge in [0.2, 0.25) is 0 Å². The van der Waals surface area contributed by atoms with Gasteiger partial charge in [0, 0.05) is 0 Å². The molecule has 0 bridgehead atoms. The highest BCUT2D eigenvalue weighted by molar-refractivity contribution is 7.53. The molecule has 1 aromatic rings. The second-order valence-electron chi connectivity index (χ2n) is 5.64. The Morgan fingerprint density at radius 3 is 2.22 bits per heavy atom. The molecule has 0 atom stereocenters. The Morgan fingerprint density at radius 1 is 0.833 bits per heavy atom. The SMILES string of the molecule is C1=C(C2CCCCCCCC2)[P]c2ccccc21. The van der Waals surface area contributed by atoms with E-state index < -0.39 is 0 Å². The lowest BCUT2D eigenvalue weighted by Gasteiger charge is -2.16. The minimum absolute atomic E-state index is 0.858. The van der Waals surface area contributed by atoms with Crippen molar-refractivity contribution in [3.05, 3.63) is 35.1 Å². The first-order valence-corrected chi connectivity index (χ1v) is 8.35. The molecule has 2 aliphatic rings. The average Bonchev–Trinajstić information content (AvgIpc) is 2.87. The molecule has 1 aliphatic carbocycles. The fourth-order valence-corrected chi connectivity index (χ4v) is 4.53. The molecular formula is C17H22P. The van der Waals surface area contributed by atoms with Gasteiger partial charge in [-0.15, -0.1) is 0 Å². The van der Waals surface area contributed by atoms with Crippen LogP contribution in [0.2, 0.25) is 0 Å². The maximum atomic E-state index is 2.47. The van der Waals surface area contributed by atoms with Gasteiger partial charge in [-0.25, -0.2) is 0 Å². The Balaban J connectivity index is 1.71. The van der Waals surface area contributed by atoms with Crippen molar-refractivity contribution in [2.75, 3.05) is 0 Å². The summed E-state index contributed by atoms with van der Waals surface area (Å²) in [5.74, 6) is 0.858. The highest BCUT2D eigenvalue weighted by atomic mass is 31.1. The van der Waals surface area contributed by atoms with Crippen LogP contribution < -0.4 is 5.30 Å². The second kappa shape index (κ2) is 6.02. The van der Waals surface area contributed by atoms with Crippen molar-refractivity contribution in [1.82, 2.24) is 0 Å². The number of rotatable bonds is 1. The van der Waals surface area contributed by atoms with Crippen LogP contribution in [0, 0.1) is 5.92 Å². The molecule has 1 saturated carbocycles. The molecule has 3 rings (SSSR count). The fraction of sp³-hybridized carbons (Fsp3) is 0.529. The van der Waals surface area contributed by atoms with Gasteiger partial charge in [0.05, 0.1) is 0 Å². The molecule has 0 amide bonds. The molecule has 0 spiro atoms. The van der Waals surface area contributed by atoms with E-state index in [0.29, 0.717) is 0 Å². The van der Waals surface area contributed by atoms with Crippen LogP contribution in [0.4, 0.5) is 0 Å². The summed E-state index contributed by atoms with van der Waals surface area (Å²) in [4.78, 5) is 0. The van der Waals surface area contributed by atoms with Gasteiger partial charge in [-0.2, -0.15) is 0 Å². The number of benzene rings is 1. The third kappa shape index (κ3) is 2.86. The Morgan fingerprint density at radius 2 is 1.50 bits per heavy atom. The standard InChI is InChI=1S/C17H22P/c1-2-4-6-10-14(9-5-3-1)17-13-15-11-7-8-12-16(15)18-17/h7-8,11-14H,1-6,9-10H2. The summed E-state index contributed by atoms with van der Waals surface area (Å²) >= 11 is 0. The van der Waals surface area contributed by atoms with E-state index in [1.54, 1.807) is 5.31 Å². The van der Waals surface area contributed by atoms with Crippen LogP contribution in [0.5, 0.6) is 0 Å². The van der Waals surface area contributed by atoms with Crippen LogP contribution >= 0.6 is 8.58 Å². The van der Waals surface area contributed by atoms with Gasteiger partial charge in [-0.05, 0) is 49.6 Å². The Kier molecular flexibility index (Phi) is 4.16. The van der Waals surface area contributed by atoms with Gasteiger partial charge < -0.3 is 0 Å². The Labute approximate surface area is 113 Å². The summed E-state index contributed by atoms with van der Waals surface area (Å²) < 4.78 is 0. The molecule has 0 aromatic heterocycles. The maximum absolute atomic E-state index is 2.47. The average molecular weight is 257 g/mol. The van der Waals surface area contributed by atoms with E-state index in [0.717, 1.165) is 5.92 Å². The van der Waals surface area contributed by atoms with Crippen LogP contribution in [0.25, 0.3) is 6.08 Å². The van der Waals surface area contributed by atoms with Crippen molar-refractivity contribution in [3.8, 4) is 0 Å². The van der Waals surface area contributed by atoms with Gasteiger partial charge in [-0.1, -0.05) is 62.8 Å². The summed E-state index contributed by atoms with van der Waals surface area (Å²) in [5.41, 5.74) is 1.47. The van der Waals surface area contributed by atoms with E-state index in [2.05, 4.69) is 30.3 Å².